The van der Waals surface area contributed by atoms with Crippen molar-refractivity contribution in [2.45, 2.75) is 6.04 Å². The Hall–Kier alpha value is -2.30. The van der Waals surface area contributed by atoms with Crippen LogP contribution in [-0.2, 0) is 0 Å². The second-order valence-corrected chi connectivity index (χ2v) is 6.17. The second-order valence-electron chi connectivity index (χ2n) is 6.17. The molecule has 3 nitrogen and oxygen atoms in total. The van der Waals surface area contributed by atoms with Crippen molar-refractivity contribution in [1.82, 2.24) is 15.2 Å². The first-order valence-electron chi connectivity index (χ1n) is 8.37. The summed E-state index contributed by atoms with van der Waals surface area (Å²) in [5, 5.41) is 4.50. The van der Waals surface area contributed by atoms with Crippen LogP contribution in [0.1, 0.15) is 17.3 Å². The van der Waals surface area contributed by atoms with Crippen LogP contribution in [-0.4, -0.2) is 36.1 Å². The quantitative estimate of drug-likeness (QED) is 0.802. The summed E-state index contributed by atoms with van der Waals surface area (Å²) in [6.07, 6.45) is 0. The van der Waals surface area contributed by atoms with Crippen molar-refractivity contribution in [2.75, 3.05) is 26.2 Å². The van der Waals surface area contributed by atoms with E-state index in [-0.39, 0.29) is 11.9 Å². The van der Waals surface area contributed by atoms with Crippen molar-refractivity contribution in [3.8, 4) is 0 Å². The number of benzene rings is 2. The van der Waals surface area contributed by atoms with Crippen LogP contribution in [0.3, 0.4) is 0 Å². The summed E-state index contributed by atoms with van der Waals surface area (Å²) in [5.41, 5.74) is 2.91. The minimum atomic E-state index is -0.201. The molecule has 1 N–H and O–H groups in total. The minimum Gasteiger partial charge on any atom is -0.314 e. The van der Waals surface area contributed by atoms with Crippen LogP contribution in [0.4, 0.5) is 4.39 Å². The highest BCUT2D eigenvalue weighted by Gasteiger charge is 2.25. The topological polar surface area (TPSA) is 28.2 Å². The van der Waals surface area contributed by atoms with Crippen LogP contribution in [0.2, 0.25) is 0 Å². The highest BCUT2D eigenvalue weighted by atomic mass is 19.1. The molecule has 1 atom stereocenters. The van der Waals surface area contributed by atoms with Crippen molar-refractivity contribution in [3.63, 3.8) is 0 Å². The SMILES string of the molecule is Fc1cccc(C(c2ccc3ccccc3n2)N2CCNCC2)c1. The van der Waals surface area contributed by atoms with E-state index in [4.69, 9.17) is 4.98 Å². The van der Waals surface area contributed by atoms with Crippen molar-refractivity contribution in [1.29, 1.82) is 0 Å². The Balaban J connectivity index is 1.80. The van der Waals surface area contributed by atoms with Gasteiger partial charge in [0.1, 0.15) is 5.82 Å². The zero-order valence-electron chi connectivity index (χ0n) is 13.5. The van der Waals surface area contributed by atoms with Gasteiger partial charge in [-0.2, -0.15) is 0 Å². The first kappa shape index (κ1) is 15.2. The number of nitrogens with zero attached hydrogens (tertiary/aromatic N) is 2. The third kappa shape index (κ3) is 3.03. The fraction of sp³-hybridized carbons (Fsp3) is 0.250. The molecule has 4 rings (SSSR count). The smallest absolute Gasteiger partial charge is 0.123 e. The Morgan fingerprint density at radius 2 is 1.79 bits per heavy atom. The number of pyridine rings is 1. The van der Waals surface area contributed by atoms with Crippen LogP contribution in [0.25, 0.3) is 10.9 Å². The molecule has 1 aliphatic rings. The summed E-state index contributed by atoms with van der Waals surface area (Å²) in [6.45, 7) is 3.74. The highest BCUT2D eigenvalue weighted by Crippen LogP contribution is 2.29. The number of fused-ring (bicyclic) bond motifs is 1. The van der Waals surface area contributed by atoms with E-state index in [0.29, 0.717) is 0 Å². The maximum atomic E-state index is 13.8. The van der Waals surface area contributed by atoms with Gasteiger partial charge < -0.3 is 5.32 Å². The number of piperazine rings is 1. The fourth-order valence-electron chi connectivity index (χ4n) is 3.42. The number of para-hydroxylation sites is 1. The van der Waals surface area contributed by atoms with E-state index >= 15 is 0 Å². The molecule has 1 unspecified atom stereocenters. The van der Waals surface area contributed by atoms with E-state index in [9.17, 15) is 4.39 Å². The van der Waals surface area contributed by atoms with E-state index in [2.05, 4.69) is 28.4 Å². The highest BCUT2D eigenvalue weighted by molar-refractivity contribution is 5.78. The molecule has 1 fully saturated rings. The zero-order chi connectivity index (χ0) is 16.4. The van der Waals surface area contributed by atoms with Gasteiger partial charge in [-0.3, -0.25) is 9.88 Å². The molecule has 3 aromatic rings. The molecule has 122 valence electrons. The standard InChI is InChI=1S/C20H20FN3/c21-17-6-3-5-16(14-17)20(24-12-10-22-11-13-24)19-9-8-15-4-1-2-7-18(15)23-19/h1-9,14,20,22H,10-13H2. The molecule has 0 spiro atoms. The number of nitrogens with one attached hydrogen (secondary N) is 1. The lowest BCUT2D eigenvalue weighted by atomic mass is 9.99. The molecule has 4 heteroatoms. The number of aromatic nitrogens is 1. The molecule has 1 aromatic heterocycles. The molecule has 1 saturated heterocycles. The molecule has 0 amide bonds. The summed E-state index contributed by atoms with van der Waals surface area (Å²) in [5.74, 6) is -0.201. The van der Waals surface area contributed by atoms with Gasteiger partial charge >= 0.3 is 0 Å². The van der Waals surface area contributed by atoms with E-state index in [1.54, 1.807) is 12.1 Å². The van der Waals surface area contributed by atoms with Gasteiger partial charge in [0.25, 0.3) is 0 Å². The molecule has 0 radical (unpaired) electrons. The number of halogens is 1. The average molecular weight is 321 g/mol. The number of hydrogen-bond donors (Lipinski definition) is 1. The molecule has 0 aliphatic carbocycles. The van der Waals surface area contributed by atoms with Gasteiger partial charge in [0, 0.05) is 31.6 Å². The Morgan fingerprint density at radius 1 is 0.958 bits per heavy atom. The van der Waals surface area contributed by atoms with Crippen LogP contribution in [0.15, 0.2) is 60.7 Å². The third-order valence-corrected chi connectivity index (χ3v) is 4.58. The minimum absolute atomic E-state index is 0.0209. The van der Waals surface area contributed by atoms with Crippen LogP contribution >= 0.6 is 0 Å². The van der Waals surface area contributed by atoms with E-state index < -0.39 is 0 Å². The molecule has 2 aromatic carbocycles. The summed E-state index contributed by atoms with van der Waals surface area (Å²) >= 11 is 0. The van der Waals surface area contributed by atoms with Gasteiger partial charge in [0.2, 0.25) is 0 Å². The van der Waals surface area contributed by atoms with Gasteiger partial charge in [-0.05, 0) is 29.8 Å². The Morgan fingerprint density at radius 3 is 2.62 bits per heavy atom. The van der Waals surface area contributed by atoms with Crippen LogP contribution in [0, 0.1) is 5.82 Å². The summed E-state index contributed by atoms with van der Waals surface area (Å²) in [6, 6.07) is 19.2. The summed E-state index contributed by atoms with van der Waals surface area (Å²) in [4.78, 5) is 7.25. The molecule has 1 aliphatic heterocycles. The average Bonchev–Trinajstić information content (AvgIpc) is 2.63. The molecule has 0 bridgehead atoms. The first-order chi connectivity index (χ1) is 11.8. The van der Waals surface area contributed by atoms with E-state index in [0.717, 1.165) is 48.3 Å². The van der Waals surface area contributed by atoms with Gasteiger partial charge in [0.05, 0.1) is 17.3 Å². The van der Waals surface area contributed by atoms with Gasteiger partial charge in [0.15, 0.2) is 0 Å². The second kappa shape index (κ2) is 6.67. The molecule has 0 saturated carbocycles. The van der Waals surface area contributed by atoms with Crippen molar-refractivity contribution in [2.24, 2.45) is 0 Å². The van der Waals surface area contributed by atoms with E-state index in [1.807, 2.05) is 24.3 Å². The third-order valence-electron chi connectivity index (χ3n) is 4.58. The van der Waals surface area contributed by atoms with Gasteiger partial charge in [-0.25, -0.2) is 4.39 Å². The van der Waals surface area contributed by atoms with Crippen LogP contribution < -0.4 is 5.32 Å². The Labute approximate surface area is 141 Å². The maximum absolute atomic E-state index is 13.8. The summed E-state index contributed by atoms with van der Waals surface area (Å²) < 4.78 is 13.8. The number of hydrogen-bond acceptors (Lipinski definition) is 3. The Bertz CT molecular complexity index is 843. The van der Waals surface area contributed by atoms with Crippen molar-refractivity contribution in [3.05, 3.63) is 77.7 Å². The predicted octanol–water partition coefficient (Wildman–Crippen LogP) is 3.37. The lowest BCUT2D eigenvalue weighted by molar-refractivity contribution is 0.195. The molecule has 2 heterocycles. The van der Waals surface area contributed by atoms with Crippen LogP contribution in [0.5, 0.6) is 0 Å². The molecule has 24 heavy (non-hydrogen) atoms. The largest absolute Gasteiger partial charge is 0.314 e. The van der Waals surface area contributed by atoms with Gasteiger partial charge in [-0.1, -0.05) is 36.4 Å². The Kier molecular flexibility index (Phi) is 4.24. The maximum Gasteiger partial charge on any atom is 0.123 e. The normalized spacial score (nSPS) is 17.0. The molecular weight excluding hydrogens is 301 g/mol. The van der Waals surface area contributed by atoms with Gasteiger partial charge in [-0.15, -0.1) is 0 Å². The predicted molar refractivity (Wildman–Crippen MR) is 94.4 cm³/mol. The molecular formula is C20H20FN3. The lowest BCUT2D eigenvalue weighted by Gasteiger charge is -2.35. The number of rotatable bonds is 3. The first-order valence-corrected chi connectivity index (χ1v) is 8.37. The van der Waals surface area contributed by atoms with Crippen molar-refractivity contribution >= 4 is 10.9 Å². The lowest BCUT2D eigenvalue weighted by Crippen LogP contribution is -2.45. The van der Waals surface area contributed by atoms with E-state index in [1.165, 1.54) is 6.07 Å². The summed E-state index contributed by atoms with van der Waals surface area (Å²) in [7, 11) is 0. The monoisotopic (exact) mass is 321 g/mol. The van der Waals surface area contributed by atoms with Crippen molar-refractivity contribution < 1.29 is 4.39 Å². The fourth-order valence-corrected chi connectivity index (χ4v) is 3.42. The zero-order valence-corrected chi connectivity index (χ0v) is 13.5.